The number of rotatable bonds is 2. The minimum absolute atomic E-state index is 0.267. The number of amides is 1. The second kappa shape index (κ2) is 3.83. The third-order valence-corrected chi connectivity index (χ3v) is 2.07. The molecule has 3 nitrogen and oxygen atoms in total. The van der Waals surface area contributed by atoms with E-state index in [9.17, 15) is 4.79 Å². The Kier molecular flexibility index (Phi) is 2.98. The molecule has 0 aromatic rings. The van der Waals surface area contributed by atoms with Gasteiger partial charge in [-0.05, 0) is 26.7 Å². The Hall–Kier alpha value is -0.960. The Bertz CT molecular complexity index is 250. The Morgan fingerprint density at radius 3 is 2.85 bits per heavy atom. The number of carbonyl (C=O) groups is 1. The van der Waals surface area contributed by atoms with Gasteiger partial charge in [0.1, 0.15) is 5.60 Å². The van der Waals surface area contributed by atoms with Crippen LogP contribution in [0.1, 0.15) is 26.7 Å². The van der Waals surface area contributed by atoms with Gasteiger partial charge in [-0.2, -0.15) is 0 Å². The highest BCUT2D eigenvalue weighted by Gasteiger charge is 2.27. The lowest BCUT2D eigenvalue weighted by molar-refractivity contribution is -0.114. The Morgan fingerprint density at radius 2 is 2.38 bits per heavy atom. The van der Waals surface area contributed by atoms with Gasteiger partial charge < -0.3 is 4.74 Å². The van der Waals surface area contributed by atoms with E-state index in [-0.39, 0.29) is 11.5 Å². The van der Waals surface area contributed by atoms with Crippen molar-refractivity contribution in [3.8, 4) is 0 Å². The van der Waals surface area contributed by atoms with Crippen LogP contribution in [0.2, 0.25) is 0 Å². The number of ether oxygens (including phenoxy) is 1. The quantitative estimate of drug-likeness (QED) is 0.480. The molecule has 0 bridgehead atoms. The summed E-state index contributed by atoms with van der Waals surface area (Å²) in [4.78, 5) is 14.9. The van der Waals surface area contributed by atoms with Crippen molar-refractivity contribution in [3.63, 3.8) is 0 Å². The van der Waals surface area contributed by atoms with Gasteiger partial charge in [0.2, 0.25) is 0 Å². The van der Waals surface area contributed by atoms with Crippen molar-refractivity contribution < 1.29 is 9.53 Å². The molecule has 1 heterocycles. The Balaban J connectivity index is 2.56. The first-order valence-electron chi connectivity index (χ1n) is 4.42. The first-order valence-corrected chi connectivity index (χ1v) is 4.42. The lowest BCUT2D eigenvalue weighted by Crippen LogP contribution is -2.25. The molecule has 72 valence electrons. The molecule has 1 rings (SSSR count). The van der Waals surface area contributed by atoms with Crippen molar-refractivity contribution in [3.05, 3.63) is 12.2 Å². The predicted molar refractivity (Wildman–Crippen MR) is 51.9 cm³/mol. The third-order valence-electron chi connectivity index (χ3n) is 2.07. The smallest absolute Gasteiger partial charge is 0.271 e. The van der Waals surface area contributed by atoms with E-state index in [1.807, 2.05) is 6.92 Å². The van der Waals surface area contributed by atoms with Gasteiger partial charge in [-0.3, -0.25) is 4.79 Å². The van der Waals surface area contributed by atoms with Gasteiger partial charge in [-0.1, -0.05) is 6.58 Å². The molecule has 0 saturated carbocycles. The molecular formula is C10H15NO2. The summed E-state index contributed by atoms with van der Waals surface area (Å²) in [7, 11) is 0. The van der Waals surface area contributed by atoms with Crippen LogP contribution in [-0.4, -0.2) is 24.3 Å². The maximum Gasteiger partial charge on any atom is 0.271 e. The molecule has 1 unspecified atom stereocenters. The molecule has 1 amide bonds. The molecular weight excluding hydrogens is 166 g/mol. The van der Waals surface area contributed by atoms with Gasteiger partial charge in [-0.25, -0.2) is 4.99 Å². The summed E-state index contributed by atoms with van der Waals surface area (Å²) in [6.07, 6.45) is 3.56. The van der Waals surface area contributed by atoms with E-state index in [1.54, 1.807) is 13.1 Å². The van der Waals surface area contributed by atoms with Gasteiger partial charge >= 0.3 is 0 Å². The van der Waals surface area contributed by atoms with Gasteiger partial charge in [0.15, 0.2) is 0 Å². The fourth-order valence-electron chi connectivity index (χ4n) is 1.21. The van der Waals surface area contributed by atoms with E-state index >= 15 is 0 Å². The largest absolute Gasteiger partial charge is 0.370 e. The number of hydrogen-bond acceptors (Lipinski definition) is 2. The second-order valence-electron chi connectivity index (χ2n) is 3.61. The first kappa shape index (κ1) is 10.1. The summed E-state index contributed by atoms with van der Waals surface area (Å²) in [5.41, 5.74) is 0.114. The van der Waals surface area contributed by atoms with E-state index in [2.05, 4.69) is 11.6 Å². The normalized spacial score (nSPS) is 28.2. The SMILES string of the molecule is C=C(C)C(=O)N=CC1(C)CCCO1. The standard InChI is InChI=1S/C10H15NO2/c1-8(2)9(12)11-7-10(3)5-4-6-13-10/h7H,1,4-6H2,2-3H3. The van der Waals surface area contributed by atoms with Crippen LogP contribution >= 0.6 is 0 Å². The van der Waals surface area contributed by atoms with Gasteiger partial charge in [0.25, 0.3) is 5.91 Å². The van der Waals surface area contributed by atoms with Crippen LogP contribution in [0, 0.1) is 0 Å². The van der Waals surface area contributed by atoms with Crippen LogP contribution in [0.25, 0.3) is 0 Å². The van der Waals surface area contributed by atoms with Gasteiger partial charge in [0, 0.05) is 18.4 Å². The van der Waals surface area contributed by atoms with Crippen LogP contribution in [0.5, 0.6) is 0 Å². The fourth-order valence-corrected chi connectivity index (χ4v) is 1.21. The molecule has 13 heavy (non-hydrogen) atoms. The van der Waals surface area contributed by atoms with E-state index in [1.165, 1.54) is 0 Å². The molecule has 1 aliphatic heterocycles. The van der Waals surface area contributed by atoms with Crippen LogP contribution in [0.15, 0.2) is 17.1 Å². The van der Waals surface area contributed by atoms with Crippen molar-refractivity contribution >= 4 is 12.1 Å². The molecule has 3 heteroatoms. The minimum Gasteiger partial charge on any atom is -0.370 e. The fraction of sp³-hybridized carbons (Fsp3) is 0.600. The van der Waals surface area contributed by atoms with Crippen molar-refractivity contribution in [1.82, 2.24) is 0 Å². The zero-order chi connectivity index (χ0) is 9.90. The monoisotopic (exact) mass is 181 g/mol. The maximum absolute atomic E-state index is 11.1. The summed E-state index contributed by atoms with van der Waals surface area (Å²) >= 11 is 0. The van der Waals surface area contributed by atoms with Crippen LogP contribution in [0.4, 0.5) is 0 Å². The molecule has 0 N–H and O–H groups in total. The van der Waals surface area contributed by atoms with E-state index in [0.29, 0.717) is 5.57 Å². The lowest BCUT2D eigenvalue weighted by atomic mass is 10.1. The van der Waals surface area contributed by atoms with Crippen molar-refractivity contribution in [2.75, 3.05) is 6.61 Å². The van der Waals surface area contributed by atoms with E-state index < -0.39 is 0 Å². The molecule has 1 atom stereocenters. The van der Waals surface area contributed by atoms with Crippen LogP contribution < -0.4 is 0 Å². The molecule has 0 aromatic heterocycles. The lowest BCUT2D eigenvalue weighted by Gasteiger charge is -2.16. The second-order valence-corrected chi connectivity index (χ2v) is 3.61. The summed E-state index contributed by atoms with van der Waals surface area (Å²) in [5.74, 6) is -0.267. The number of carbonyl (C=O) groups excluding carboxylic acids is 1. The number of nitrogens with zero attached hydrogens (tertiary/aromatic N) is 1. The summed E-state index contributed by atoms with van der Waals surface area (Å²) in [5, 5.41) is 0. The average molecular weight is 181 g/mol. The Labute approximate surface area is 78.5 Å². The highest BCUT2D eigenvalue weighted by atomic mass is 16.5. The molecule has 1 aliphatic rings. The van der Waals surface area contributed by atoms with Crippen LogP contribution in [0.3, 0.4) is 0 Å². The molecule has 1 fully saturated rings. The topological polar surface area (TPSA) is 38.7 Å². The first-order chi connectivity index (χ1) is 6.03. The zero-order valence-electron chi connectivity index (χ0n) is 8.17. The third kappa shape index (κ3) is 2.77. The minimum atomic E-state index is -0.342. The predicted octanol–water partition coefficient (Wildman–Crippen LogP) is 1.73. The Morgan fingerprint density at radius 1 is 1.69 bits per heavy atom. The van der Waals surface area contributed by atoms with E-state index in [4.69, 9.17) is 4.74 Å². The molecule has 0 aromatic carbocycles. The van der Waals surface area contributed by atoms with Crippen LogP contribution in [-0.2, 0) is 9.53 Å². The highest BCUT2D eigenvalue weighted by molar-refractivity contribution is 5.98. The molecule has 0 radical (unpaired) electrons. The van der Waals surface area contributed by atoms with Crippen molar-refractivity contribution in [2.24, 2.45) is 4.99 Å². The van der Waals surface area contributed by atoms with Gasteiger partial charge in [-0.15, -0.1) is 0 Å². The molecule has 1 saturated heterocycles. The summed E-state index contributed by atoms with van der Waals surface area (Å²) < 4.78 is 5.44. The number of hydrogen-bond donors (Lipinski definition) is 0. The van der Waals surface area contributed by atoms with E-state index in [0.717, 1.165) is 19.4 Å². The average Bonchev–Trinajstić information content (AvgIpc) is 2.48. The summed E-state index contributed by atoms with van der Waals surface area (Å²) in [6.45, 7) is 7.86. The van der Waals surface area contributed by atoms with Crippen molar-refractivity contribution in [1.29, 1.82) is 0 Å². The highest BCUT2D eigenvalue weighted by Crippen LogP contribution is 2.22. The summed E-state index contributed by atoms with van der Waals surface area (Å²) in [6, 6.07) is 0. The van der Waals surface area contributed by atoms with Gasteiger partial charge in [0.05, 0.1) is 0 Å². The molecule has 0 aliphatic carbocycles. The molecule has 0 spiro atoms. The number of aliphatic imine (C=N–C) groups is 1. The van der Waals surface area contributed by atoms with Crippen molar-refractivity contribution in [2.45, 2.75) is 32.3 Å². The maximum atomic E-state index is 11.1. The zero-order valence-corrected chi connectivity index (χ0v) is 8.17.